The minimum absolute atomic E-state index is 0.200. The smallest absolute Gasteiger partial charge is 0.252 e. The number of unbranched alkanes of at least 4 members (excludes halogenated alkanes) is 1. The van der Waals surface area contributed by atoms with Gasteiger partial charge < -0.3 is 4.90 Å². The van der Waals surface area contributed by atoms with Crippen LogP contribution in [0.1, 0.15) is 33.6 Å². The first-order valence-corrected chi connectivity index (χ1v) is 12.7. The molecule has 1 aromatic rings. The molecule has 8 heteroatoms. The molecule has 4 nitrogen and oxygen atoms in total. The highest BCUT2D eigenvalue weighted by Crippen LogP contribution is 2.46. The van der Waals surface area contributed by atoms with E-state index in [9.17, 15) is 8.42 Å². The highest BCUT2D eigenvalue weighted by atomic mass is 79.9. The fourth-order valence-electron chi connectivity index (χ4n) is 4.00. The third-order valence-electron chi connectivity index (χ3n) is 5.95. The second-order valence-electron chi connectivity index (χ2n) is 7.84. The Hall–Kier alpha value is 0.530. The molecule has 142 valence electrons. The number of hydrogen-bond donors (Lipinski definition) is 0. The van der Waals surface area contributed by atoms with Crippen molar-refractivity contribution < 1.29 is 8.42 Å². The summed E-state index contributed by atoms with van der Waals surface area (Å²) >= 11 is 8.10. The first-order chi connectivity index (χ1) is 11.7. The van der Waals surface area contributed by atoms with Gasteiger partial charge in [0.15, 0.2) is 0 Å². The Bertz CT molecular complexity index is 696. The van der Waals surface area contributed by atoms with Gasteiger partial charge in [0, 0.05) is 30.7 Å². The maximum atomic E-state index is 13.1. The molecule has 3 heterocycles. The summed E-state index contributed by atoms with van der Waals surface area (Å²) in [6.07, 6.45) is 2.43. The SMILES string of the molecule is CCCCN1CC2CN(S(=O)(=O)c3cc(Br)c(Br)s3)CC(C1)C2(C)C. The van der Waals surface area contributed by atoms with Gasteiger partial charge >= 0.3 is 0 Å². The summed E-state index contributed by atoms with van der Waals surface area (Å²) in [4.78, 5) is 2.55. The number of rotatable bonds is 5. The third-order valence-corrected chi connectivity index (χ3v) is 11.5. The maximum absolute atomic E-state index is 13.1. The van der Waals surface area contributed by atoms with Gasteiger partial charge in [0.25, 0.3) is 10.0 Å². The van der Waals surface area contributed by atoms with Crippen LogP contribution in [-0.4, -0.2) is 50.3 Å². The average molecular weight is 514 g/mol. The lowest BCUT2D eigenvalue weighted by molar-refractivity contribution is -0.0492. The van der Waals surface area contributed by atoms with Crippen molar-refractivity contribution in [1.29, 1.82) is 0 Å². The zero-order valence-electron chi connectivity index (χ0n) is 15.0. The zero-order chi connectivity index (χ0) is 18.4. The number of sulfonamides is 1. The van der Waals surface area contributed by atoms with Gasteiger partial charge in [-0.25, -0.2) is 8.42 Å². The standard InChI is InChI=1S/C17H26Br2N2O2S2/c1-4-5-6-20-8-12-10-21(11-13(9-20)17(12,2)3)25(22,23)15-7-14(18)16(19)24-15/h7,12-13H,4-6,8-11H2,1-3H3. The average Bonchev–Trinajstić information content (AvgIpc) is 2.85. The van der Waals surface area contributed by atoms with E-state index in [0.717, 1.165) is 27.9 Å². The molecule has 0 N–H and O–H groups in total. The highest BCUT2D eigenvalue weighted by molar-refractivity contribution is 9.13. The summed E-state index contributed by atoms with van der Waals surface area (Å²) in [5.74, 6) is 0.775. The number of fused-ring (bicyclic) bond motifs is 2. The van der Waals surface area contributed by atoms with Crippen molar-refractivity contribution in [3.8, 4) is 0 Å². The summed E-state index contributed by atoms with van der Waals surface area (Å²) in [5, 5.41) is 0. The molecule has 0 aliphatic carbocycles. The molecular formula is C17H26Br2N2O2S2. The van der Waals surface area contributed by atoms with E-state index in [2.05, 4.69) is 57.5 Å². The van der Waals surface area contributed by atoms with Gasteiger partial charge in [-0.05, 0) is 68.1 Å². The van der Waals surface area contributed by atoms with E-state index in [4.69, 9.17) is 0 Å². The van der Waals surface area contributed by atoms with E-state index in [1.165, 1.54) is 24.2 Å². The van der Waals surface area contributed by atoms with Crippen molar-refractivity contribution in [1.82, 2.24) is 9.21 Å². The van der Waals surface area contributed by atoms with Gasteiger partial charge in [-0.2, -0.15) is 4.31 Å². The number of nitrogens with zero attached hydrogens (tertiary/aromatic N) is 2. The van der Waals surface area contributed by atoms with Crippen LogP contribution in [0.2, 0.25) is 0 Å². The Labute approximate surface area is 172 Å². The number of halogens is 2. The van der Waals surface area contributed by atoms with Crippen LogP contribution >= 0.6 is 43.2 Å². The van der Waals surface area contributed by atoms with E-state index in [1.54, 1.807) is 10.4 Å². The number of hydrogen-bond acceptors (Lipinski definition) is 4. The van der Waals surface area contributed by atoms with Crippen molar-refractivity contribution in [2.75, 3.05) is 32.7 Å². The Balaban J connectivity index is 1.81. The lowest BCUT2D eigenvalue weighted by atomic mass is 9.64. The van der Waals surface area contributed by atoms with Crippen molar-refractivity contribution in [2.45, 2.75) is 37.8 Å². The first-order valence-electron chi connectivity index (χ1n) is 8.83. The molecule has 2 saturated heterocycles. The topological polar surface area (TPSA) is 40.6 Å². The quantitative estimate of drug-likeness (QED) is 0.575. The van der Waals surface area contributed by atoms with Crippen LogP contribution in [0.5, 0.6) is 0 Å². The second-order valence-corrected chi connectivity index (χ2v) is 13.2. The van der Waals surface area contributed by atoms with E-state index in [1.807, 2.05) is 0 Å². The number of likely N-dealkylation sites (tertiary alicyclic amines) is 1. The van der Waals surface area contributed by atoms with Gasteiger partial charge in [0.05, 0.1) is 3.79 Å². The number of piperidine rings is 2. The predicted octanol–water partition coefficient (Wildman–Crippen LogP) is 4.65. The van der Waals surface area contributed by atoms with Crippen molar-refractivity contribution in [3.05, 3.63) is 14.3 Å². The van der Waals surface area contributed by atoms with Gasteiger partial charge in [0.1, 0.15) is 4.21 Å². The summed E-state index contributed by atoms with van der Waals surface area (Å²) in [5.41, 5.74) is 0.200. The lowest BCUT2D eigenvalue weighted by Gasteiger charge is -2.55. The molecule has 2 bridgehead atoms. The van der Waals surface area contributed by atoms with Crippen LogP contribution in [0.25, 0.3) is 0 Å². The minimum Gasteiger partial charge on any atom is -0.303 e. The van der Waals surface area contributed by atoms with E-state index >= 15 is 0 Å². The Morgan fingerprint density at radius 1 is 1.20 bits per heavy atom. The summed E-state index contributed by atoms with van der Waals surface area (Å²) in [6, 6.07) is 1.72. The van der Waals surface area contributed by atoms with E-state index in [-0.39, 0.29) is 5.41 Å². The fourth-order valence-corrected chi connectivity index (χ4v) is 8.50. The van der Waals surface area contributed by atoms with Crippen LogP contribution in [0.3, 0.4) is 0 Å². The van der Waals surface area contributed by atoms with Crippen LogP contribution in [0, 0.1) is 17.3 Å². The molecule has 2 unspecified atom stereocenters. The Morgan fingerprint density at radius 2 is 1.80 bits per heavy atom. The Kier molecular flexibility index (Phi) is 6.09. The van der Waals surface area contributed by atoms with Gasteiger partial charge in [-0.3, -0.25) is 0 Å². The molecule has 0 saturated carbocycles. The normalized spacial score (nSPS) is 27.6. The molecule has 2 fully saturated rings. The monoisotopic (exact) mass is 512 g/mol. The summed E-state index contributed by atoms with van der Waals surface area (Å²) in [7, 11) is -3.42. The van der Waals surface area contributed by atoms with Crippen LogP contribution < -0.4 is 0 Å². The van der Waals surface area contributed by atoms with Crippen molar-refractivity contribution in [2.24, 2.45) is 17.3 Å². The summed E-state index contributed by atoms with van der Waals surface area (Å²) in [6.45, 7) is 11.3. The molecule has 0 aromatic carbocycles. The van der Waals surface area contributed by atoms with Gasteiger partial charge in [0.2, 0.25) is 0 Å². The molecular weight excluding hydrogens is 488 g/mol. The maximum Gasteiger partial charge on any atom is 0.252 e. The highest BCUT2D eigenvalue weighted by Gasteiger charge is 2.50. The molecule has 0 spiro atoms. The zero-order valence-corrected chi connectivity index (χ0v) is 19.8. The minimum atomic E-state index is -3.42. The van der Waals surface area contributed by atoms with Gasteiger partial charge in [-0.15, -0.1) is 11.3 Å². The Morgan fingerprint density at radius 3 is 2.28 bits per heavy atom. The van der Waals surface area contributed by atoms with Crippen LogP contribution in [0.4, 0.5) is 0 Å². The fraction of sp³-hybridized carbons (Fsp3) is 0.765. The lowest BCUT2D eigenvalue weighted by Crippen LogP contribution is -2.62. The van der Waals surface area contributed by atoms with E-state index < -0.39 is 10.0 Å². The first kappa shape index (κ1) is 20.3. The molecule has 2 aliphatic heterocycles. The summed E-state index contributed by atoms with van der Waals surface area (Å²) < 4.78 is 30.0. The van der Waals surface area contributed by atoms with E-state index in [0.29, 0.717) is 29.1 Å². The second kappa shape index (κ2) is 7.51. The molecule has 0 radical (unpaired) electrons. The predicted molar refractivity (Wildman–Crippen MR) is 111 cm³/mol. The van der Waals surface area contributed by atoms with Crippen molar-refractivity contribution in [3.63, 3.8) is 0 Å². The van der Waals surface area contributed by atoms with Crippen LogP contribution in [0.15, 0.2) is 18.5 Å². The molecule has 25 heavy (non-hydrogen) atoms. The van der Waals surface area contributed by atoms with Crippen LogP contribution in [-0.2, 0) is 10.0 Å². The largest absolute Gasteiger partial charge is 0.303 e. The molecule has 1 aromatic heterocycles. The third kappa shape index (κ3) is 3.90. The van der Waals surface area contributed by atoms with Crippen molar-refractivity contribution >= 4 is 53.2 Å². The molecule has 0 amide bonds. The molecule has 2 atom stereocenters. The van der Waals surface area contributed by atoms with Gasteiger partial charge in [-0.1, -0.05) is 27.2 Å². The number of thiophene rings is 1. The molecule has 2 aliphatic rings. The molecule has 3 rings (SSSR count).